The molecule has 0 amide bonds. The molecule has 3 aliphatic carbocycles. The summed E-state index contributed by atoms with van der Waals surface area (Å²) in [6.07, 6.45) is -3.26. The minimum Gasteiger partial charge on any atom is -0.389 e. The van der Waals surface area contributed by atoms with Crippen molar-refractivity contribution >= 4 is 34.5 Å². The summed E-state index contributed by atoms with van der Waals surface area (Å²) in [4.78, 5) is 12.9. The first kappa shape index (κ1) is 40.6. The van der Waals surface area contributed by atoms with Crippen LogP contribution in [0.15, 0.2) is 36.8 Å². The summed E-state index contributed by atoms with van der Waals surface area (Å²) >= 11 is 6.47. The van der Waals surface area contributed by atoms with Gasteiger partial charge in [-0.05, 0) is 57.1 Å². The fourth-order valence-electron chi connectivity index (χ4n) is 9.19. The Balaban J connectivity index is 0.881. The smallest absolute Gasteiger partial charge is 0.389 e. The summed E-state index contributed by atoms with van der Waals surface area (Å²) in [7, 11) is 0. The lowest BCUT2D eigenvalue weighted by molar-refractivity contribution is -0.180. The van der Waals surface area contributed by atoms with Gasteiger partial charge in [0.1, 0.15) is 28.8 Å². The molecule has 5 fully saturated rings. The lowest BCUT2D eigenvalue weighted by atomic mass is 9.66. The van der Waals surface area contributed by atoms with Crippen LogP contribution < -0.4 is 10.6 Å². The minimum absolute atomic E-state index is 0.0127. The minimum atomic E-state index is -4.41. The molecule has 5 aromatic rings. The Hall–Kier alpha value is -4.81. The van der Waals surface area contributed by atoms with E-state index in [9.17, 15) is 23.5 Å². The second-order valence-corrected chi connectivity index (χ2v) is 16.8. The van der Waals surface area contributed by atoms with Crippen LogP contribution in [-0.2, 0) is 19.6 Å². The van der Waals surface area contributed by atoms with Crippen molar-refractivity contribution < 1.29 is 45.7 Å². The zero-order chi connectivity index (χ0) is 42.1. The van der Waals surface area contributed by atoms with E-state index < -0.39 is 65.9 Å². The van der Waals surface area contributed by atoms with Crippen LogP contribution in [0.2, 0.25) is 5.02 Å². The molecule has 3 N–H and O–H groups in total. The summed E-state index contributed by atoms with van der Waals surface area (Å²) in [5.41, 5.74) is -2.70. The van der Waals surface area contributed by atoms with E-state index in [1.54, 1.807) is 6.07 Å². The number of pyridine rings is 1. The molecule has 60 heavy (non-hydrogen) atoms. The Kier molecular flexibility index (Phi) is 10.3. The molecule has 318 valence electrons. The predicted molar refractivity (Wildman–Crippen MR) is 202 cm³/mol. The van der Waals surface area contributed by atoms with E-state index in [0.717, 1.165) is 13.1 Å². The number of rotatable bonds is 11. The van der Waals surface area contributed by atoms with Crippen LogP contribution in [0.5, 0.6) is 0 Å². The lowest BCUT2D eigenvalue weighted by Crippen LogP contribution is -2.46. The maximum Gasteiger partial charge on any atom is 0.392 e. The number of aliphatic hydroxyl groups excluding tert-OH is 1. The van der Waals surface area contributed by atoms with E-state index in [1.165, 1.54) is 33.6 Å². The molecule has 10 rings (SSSR count). The number of alkyl halides is 5. The first-order valence-electron chi connectivity index (χ1n) is 19.5. The average molecular weight is 861 g/mol. The summed E-state index contributed by atoms with van der Waals surface area (Å²) in [5, 5.41) is 35.7. The van der Waals surface area contributed by atoms with Crippen molar-refractivity contribution in [1.29, 1.82) is 5.26 Å². The lowest BCUT2D eigenvalue weighted by Gasteiger charge is -2.38. The normalized spacial score (nSPS) is 28.3. The third kappa shape index (κ3) is 7.17. The van der Waals surface area contributed by atoms with E-state index in [1.807, 2.05) is 6.07 Å². The van der Waals surface area contributed by atoms with Crippen molar-refractivity contribution in [2.75, 3.05) is 43.7 Å². The Bertz CT molecular complexity index is 2450. The Morgan fingerprint density at radius 1 is 0.983 bits per heavy atom. The van der Waals surface area contributed by atoms with Crippen LogP contribution in [0.25, 0.3) is 22.4 Å². The zero-order valence-corrected chi connectivity index (χ0v) is 32.7. The average Bonchev–Trinajstić information content (AvgIpc) is 3.96. The highest BCUT2D eigenvalue weighted by Gasteiger charge is 2.66. The summed E-state index contributed by atoms with van der Waals surface area (Å²) in [6.45, 7) is 1.35. The van der Waals surface area contributed by atoms with Crippen molar-refractivity contribution in [2.45, 2.75) is 86.8 Å². The number of nitrogens with zero attached hydrogens (tertiary/aromatic N) is 8. The second kappa shape index (κ2) is 15.3. The van der Waals surface area contributed by atoms with Crippen molar-refractivity contribution in [3.05, 3.63) is 64.5 Å². The van der Waals surface area contributed by atoms with Gasteiger partial charge in [0.15, 0.2) is 17.7 Å². The topological polar surface area (TPSA) is 169 Å². The fourth-order valence-corrected chi connectivity index (χ4v) is 9.42. The Labute approximate surface area is 343 Å². The first-order valence-corrected chi connectivity index (χ1v) is 19.9. The highest BCUT2D eigenvalue weighted by Crippen LogP contribution is 2.66. The van der Waals surface area contributed by atoms with E-state index >= 15 is 13.2 Å². The standard InChI is InChI=1S/C39H39ClF6N10O4/c1-37(43,33(42)19-2-3-24(48-13-19)27-8-23(40)28-14-49-35(53-55(27)28)51-25-4-6-58-16-30(25)57)18-60-31-17-59-7-5-26(31)52-36-50-15-29-32(41)21(12-47)34(56(29)54-36)38-9-20(10-38)22(11-38)39(44,45)46/h2-3,8,13-15,20,22,25-26,30-31,33,57H,4-7,9-11,16-18H2,1H3,(H,51,53)(H,52,54)/t20?,22?,25-,26-,30-,31-,33?,37?,38?/m1/s1. The van der Waals surface area contributed by atoms with Crippen LogP contribution in [0, 0.1) is 29.0 Å². The SMILES string of the molecule is CC(F)(CO[C@@H]1COCC[C@H]1Nc1ncc2c(F)c(C#N)c(C34CC(C3)C(C(F)(F)F)C4)n2n1)C(F)c1ccc(-c2cc(Cl)c3cnc(N[C@@H]4CCOC[C@H]4O)nn23)nc1. The number of hydrogen-bond acceptors (Lipinski definition) is 12. The molecule has 7 heterocycles. The zero-order valence-electron chi connectivity index (χ0n) is 32.0. The highest BCUT2D eigenvalue weighted by molar-refractivity contribution is 6.34. The van der Waals surface area contributed by atoms with E-state index in [0.29, 0.717) is 41.4 Å². The number of hydrogen-bond donors (Lipinski definition) is 3. The van der Waals surface area contributed by atoms with Gasteiger partial charge in [0.25, 0.3) is 0 Å². The summed E-state index contributed by atoms with van der Waals surface area (Å²) in [6, 6.07) is 5.49. The number of nitriles is 1. The van der Waals surface area contributed by atoms with Gasteiger partial charge in [0.2, 0.25) is 11.9 Å². The van der Waals surface area contributed by atoms with Crippen molar-refractivity contribution in [3.8, 4) is 17.5 Å². The van der Waals surface area contributed by atoms with Crippen LogP contribution >= 0.6 is 11.6 Å². The van der Waals surface area contributed by atoms with Crippen molar-refractivity contribution in [2.24, 2.45) is 11.8 Å². The quantitative estimate of drug-likeness (QED) is 0.127. The molecule has 2 aliphatic heterocycles. The van der Waals surface area contributed by atoms with E-state index in [4.69, 9.17) is 25.8 Å². The molecule has 3 saturated carbocycles. The van der Waals surface area contributed by atoms with Crippen LogP contribution in [0.4, 0.5) is 38.2 Å². The maximum absolute atomic E-state index is 16.1. The third-order valence-corrected chi connectivity index (χ3v) is 12.6. The van der Waals surface area contributed by atoms with Crippen LogP contribution in [-0.4, -0.2) is 108 Å². The van der Waals surface area contributed by atoms with Gasteiger partial charge in [0, 0.05) is 30.4 Å². The van der Waals surface area contributed by atoms with Crippen LogP contribution in [0.3, 0.4) is 0 Å². The van der Waals surface area contributed by atoms with Crippen LogP contribution in [0.1, 0.15) is 62.0 Å². The van der Waals surface area contributed by atoms with Crippen molar-refractivity contribution in [3.63, 3.8) is 0 Å². The molecular formula is C39H39ClF6N10O4. The molecule has 21 heteroatoms. The molecular weight excluding hydrogens is 822 g/mol. The highest BCUT2D eigenvalue weighted by atomic mass is 35.5. The molecule has 14 nitrogen and oxygen atoms in total. The number of halogens is 7. The molecule has 5 aliphatic rings. The van der Waals surface area contributed by atoms with Gasteiger partial charge < -0.3 is 30.0 Å². The fraction of sp³-hybridized carbons (Fsp3) is 0.538. The number of anilines is 2. The van der Waals surface area contributed by atoms with Gasteiger partial charge >= 0.3 is 6.18 Å². The van der Waals surface area contributed by atoms with E-state index in [-0.39, 0.29) is 79.4 Å². The number of aromatic nitrogens is 7. The van der Waals surface area contributed by atoms with Gasteiger partial charge in [0.05, 0.1) is 78.4 Å². The number of nitrogens with one attached hydrogen (secondary N) is 2. The summed E-state index contributed by atoms with van der Waals surface area (Å²) in [5.74, 6) is -2.84. The molecule has 3 unspecified atom stereocenters. The molecule has 0 spiro atoms. The second-order valence-electron chi connectivity index (χ2n) is 16.3. The number of ether oxygens (including phenoxy) is 3. The van der Waals surface area contributed by atoms with Gasteiger partial charge in [-0.25, -0.2) is 32.2 Å². The Morgan fingerprint density at radius 2 is 1.67 bits per heavy atom. The third-order valence-electron chi connectivity index (χ3n) is 12.3. The van der Waals surface area contributed by atoms with Crippen molar-refractivity contribution in [1.82, 2.24) is 34.2 Å². The number of aliphatic hydroxyl groups is 1. The largest absolute Gasteiger partial charge is 0.392 e. The van der Waals surface area contributed by atoms with Gasteiger partial charge in [-0.3, -0.25) is 4.98 Å². The molecule has 7 atom stereocenters. The maximum atomic E-state index is 16.1. The molecule has 2 bridgehead atoms. The van der Waals surface area contributed by atoms with Gasteiger partial charge in [-0.1, -0.05) is 17.7 Å². The molecule has 2 saturated heterocycles. The van der Waals surface area contributed by atoms with Gasteiger partial charge in [-0.2, -0.15) is 18.4 Å². The first-order chi connectivity index (χ1) is 28.7. The molecule has 0 radical (unpaired) electrons. The molecule has 5 aromatic heterocycles. The number of fused-ring (bicyclic) bond motifs is 3. The monoisotopic (exact) mass is 860 g/mol. The van der Waals surface area contributed by atoms with E-state index in [2.05, 4.69) is 35.8 Å². The predicted octanol–water partition coefficient (Wildman–Crippen LogP) is 6.31. The Morgan fingerprint density at radius 3 is 2.33 bits per heavy atom. The molecule has 0 aromatic carbocycles. The van der Waals surface area contributed by atoms with Gasteiger partial charge in [-0.15, -0.1) is 10.2 Å². The summed E-state index contributed by atoms with van der Waals surface area (Å²) < 4.78 is 108.